The molecule has 0 aliphatic carbocycles. The molecule has 0 aliphatic heterocycles. The van der Waals surface area contributed by atoms with Crippen LogP contribution in [0.25, 0.3) is 0 Å². The summed E-state index contributed by atoms with van der Waals surface area (Å²) in [5, 5.41) is 11.8. The topological polar surface area (TPSA) is 58.7 Å². The molecule has 5 nitrogen and oxygen atoms in total. The first-order chi connectivity index (χ1) is 15.7. The highest BCUT2D eigenvalue weighted by Gasteiger charge is 2.38. The summed E-state index contributed by atoms with van der Waals surface area (Å²) < 4.78 is 11.8. The molecule has 0 atom stereocenters. The number of benzene rings is 3. The maximum Gasteiger partial charge on any atom is 0.236 e. The van der Waals surface area contributed by atoms with Gasteiger partial charge in [-0.25, -0.2) is 4.98 Å². The zero-order valence-electron chi connectivity index (χ0n) is 18.2. The number of nitrogens with zero attached hydrogens (tertiary/aromatic N) is 2. The van der Waals surface area contributed by atoms with Crippen molar-refractivity contribution in [3.63, 3.8) is 0 Å². The van der Waals surface area contributed by atoms with E-state index in [-0.39, 0.29) is 5.89 Å². The van der Waals surface area contributed by atoms with Gasteiger partial charge in [-0.1, -0.05) is 78.9 Å². The number of rotatable bonds is 10. The van der Waals surface area contributed by atoms with Crippen LogP contribution in [0.4, 0.5) is 0 Å². The Morgan fingerprint density at radius 2 is 1.44 bits per heavy atom. The van der Waals surface area contributed by atoms with E-state index in [1.54, 1.807) is 6.20 Å². The van der Waals surface area contributed by atoms with Crippen LogP contribution in [-0.2, 0) is 12.1 Å². The van der Waals surface area contributed by atoms with Crippen LogP contribution in [0.1, 0.15) is 29.2 Å². The van der Waals surface area contributed by atoms with Crippen molar-refractivity contribution in [2.45, 2.75) is 18.6 Å². The molecular weight excluding hydrogens is 400 g/mol. The summed E-state index contributed by atoms with van der Waals surface area (Å²) in [6, 6.07) is 28.8. The highest BCUT2D eigenvalue weighted by molar-refractivity contribution is 5.41. The first-order valence-electron chi connectivity index (χ1n) is 10.8. The Morgan fingerprint density at radius 3 is 2.03 bits per heavy atom. The monoisotopic (exact) mass is 428 g/mol. The predicted molar refractivity (Wildman–Crippen MR) is 124 cm³/mol. The minimum absolute atomic E-state index is 0.269. The lowest BCUT2D eigenvalue weighted by Gasteiger charge is -2.26. The summed E-state index contributed by atoms with van der Waals surface area (Å²) in [5.74, 6) is 1.86. The molecule has 0 fully saturated rings. The van der Waals surface area contributed by atoms with Gasteiger partial charge in [0.05, 0.1) is 19.3 Å². The van der Waals surface area contributed by atoms with Gasteiger partial charge in [0, 0.05) is 6.54 Å². The Bertz CT molecular complexity index is 1040. The Kier molecular flexibility index (Phi) is 7.00. The molecule has 3 aromatic carbocycles. The largest absolute Gasteiger partial charge is 0.494 e. The second-order valence-electron chi connectivity index (χ2n) is 7.83. The van der Waals surface area contributed by atoms with Crippen molar-refractivity contribution in [1.29, 1.82) is 0 Å². The summed E-state index contributed by atoms with van der Waals surface area (Å²) in [6.45, 7) is 2.10. The van der Waals surface area contributed by atoms with Crippen molar-refractivity contribution in [1.82, 2.24) is 9.88 Å². The number of hydrogen-bond acceptors (Lipinski definition) is 5. The lowest BCUT2D eigenvalue weighted by molar-refractivity contribution is 0.0899. The van der Waals surface area contributed by atoms with Gasteiger partial charge in [0.25, 0.3) is 0 Å². The molecule has 0 spiro atoms. The number of para-hydroxylation sites is 1. The van der Waals surface area contributed by atoms with Crippen LogP contribution in [0.5, 0.6) is 5.75 Å². The van der Waals surface area contributed by atoms with Crippen LogP contribution in [0, 0.1) is 0 Å². The van der Waals surface area contributed by atoms with Crippen LogP contribution in [-0.4, -0.2) is 35.2 Å². The van der Waals surface area contributed by atoms with Crippen molar-refractivity contribution in [3.8, 4) is 5.75 Å². The van der Waals surface area contributed by atoms with Crippen LogP contribution >= 0.6 is 0 Å². The molecule has 0 aliphatic rings. The second kappa shape index (κ2) is 10.3. The summed E-state index contributed by atoms with van der Waals surface area (Å²) in [7, 11) is 2.03. The Balaban J connectivity index is 1.42. The van der Waals surface area contributed by atoms with E-state index in [0.29, 0.717) is 30.0 Å². The first kappa shape index (κ1) is 21.8. The molecule has 32 heavy (non-hydrogen) atoms. The number of oxazole rings is 1. The van der Waals surface area contributed by atoms with E-state index in [9.17, 15) is 5.11 Å². The van der Waals surface area contributed by atoms with Crippen LogP contribution in [0.2, 0.25) is 0 Å². The highest BCUT2D eigenvalue weighted by atomic mass is 16.5. The maximum absolute atomic E-state index is 11.8. The Labute approximate surface area is 188 Å². The summed E-state index contributed by atoms with van der Waals surface area (Å²) in [5.41, 5.74) is -0.0277. The normalized spacial score (nSPS) is 11.6. The van der Waals surface area contributed by atoms with Crippen molar-refractivity contribution in [2.75, 3.05) is 20.2 Å². The van der Waals surface area contributed by atoms with Gasteiger partial charge in [0.15, 0.2) is 5.60 Å². The fraction of sp³-hybridized carbons (Fsp3) is 0.222. The van der Waals surface area contributed by atoms with Gasteiger partial charge in [-0.05, 0) is 36.7 Å². The SMILES string of the molecule is CN(CCCOc1ccccc1)Cc1cnc(C(O)(c2ccccc2)c2ccccc2)o1. The zero-order chi connectivity index (χ0) is 22.2. The Hall–Kier alpha value is -3.41. The zero-order valence-corrected chi connectivity index (χ0v) is 18.2. The van der Waals surface area contributed by atoms with E-state index in [1.165, 1.54) is 0 Å². The van der Waals surface area contributed by atoms with Gasteiger partial charge in [0.2, 0.25) is 5.89 Å². The molecule has 0 amide bonds. The van der Waals surface area contributed by atoms with Gasteiger partial charge >= 0.3 is 0 Å². The van der Waals surface area contributed by atoms with E-state index in [4.69, 9.17) is 9.15 Å². The predicted octanol–water partition coefficient (Wildman–Crippen LogP) is 4.86. The van der Waals surface area contributed by atoms with Crippen LogP contribution < -0.4 is 4.74 Å². The fourth-order valence-electron chi connectivity index (χ4n) is 3.71. The van der Waals surface area contributed by atoms with E-state index < -0.39 is 5.60 Å². The van der Waals surface area contributed by atoms with Gasteiger partial charge in [0.1, 0.15) is 11.5 Å². The molecule has 0 bridgehead atoms. The molecule has 5 heteroatoms. The van der Waals surface area contributed by atoms with E-state index in [2.05, 4.69) is 9.88 Å². The van der Waals surface area contributed by atoms with Gasteiger partial charge in [-0.3, -0.25) is 4.90 Å². The molecule has 164 valence electrons. The summed E-state index contributed by atoms with van der Waals surface area (Å²) >= 11 is 0. The molecule has 0 saturated heterocycles. The van der Waals surface area contributed by atoms with Crippen molar-refractivity contribution in [2.24, 2.45) is 0 Å². The maximum atomic E-state index is 11.8. The molecule has 1 heterocycles. The molecule has 4 rings (SSSR count). The fourth-order valence-corrected chi connectivity index (χ4v) is 3.71. The van der Waals surface area contributed by atoms with E-state index in [1.807, 2.05) is 98.0 Å². The van der Waals surface area contributed by atoms with Gasteiger partial charge in [-0.15, -0.1) is 0 Å². The molecule has 4 aromatic rings. The molecule has 0 saturated carbocycles. The minimum Gasteiger partial charge on any atom is -0.494 e. The van der Waals surface area contributed by atoms with E-state index >= 15 is 0 Å². The van der Waals surface area contributed by atoms with Crippen molar-refractivity contribution >= 4 is 0 Å². The standard InChI is InChI=1S/C27H28N2O3/c1-29(18-11-19-31-24-16-9-4-10-17-24)21-25-20-28-26(32-25)27(30,22-12-5-2-6-13-22)23-14-7-3-8-15-23/h2-10,12-17,20,30H,11,18-19,21H2,1H3. The number of aromatic nitrogens is 1. The number of aliphatic hydroxyl groups is 1. The lowest BCUT2D eigenvalue weighted by atomic mass is 9.86. The number of hydrogen-bond donors (Lipinski definition) is 1. The third kappa shape index (κ3) is 5.07. The average molecular weight is 429 g/mol. The lowest BCUT2D eigenvalue weighted by Crippen LogP contribution is -2.29. The van der Waals surface area contributed by atoms with Crippen LogP contribution in [0.3, 0.4) is 0 Å². The second-order valence-corrected chi connectivity index (χ2v) is 7.83. The van der Waals surface area contributed by atoms with Gasteiger partial charge < -0.3 is 14.3 Å². The third-order valence-electron chi connectivity index (χ3n) is 5.37. The molecule has 1 aromatic heterocycles. The smallest absolute Gasteiger partial charge is 0.236 e. The van der Waals surface area contributed by atoms with Crippen LogP contribution in [0.15, 0.2) is 102 Å². The Morgan fingerprint density at radius 1 is 0.875 bits per heavy atom. The van der Waals surface area contributed by atoms with Gasteiger partial charge in [-0.2, -0.15) is 0 Å². The quantitative estimate of drug-likeness (QED) is 0.366. The minimum atomic E-state index is -1.46. The average Bonchev–Trinajstić information content (AvgIpc) is 3.32. The molecule has 1 N–H and O–H groups in total. The third-order valence-corrected chi connectivity index (χ3v) is 5.37. The van der Waals surface area contributed by atoms with E-state index in [0.717, 1.165) is 18.7 Å². The molecule has 0 radical (unpaired) electrons. The molecule has 0 unspecified atom stereocenters. The summed E-state index contributed by atoms with van der Waals surface area (Å²) in [4.78, 5) is 6.62. The summed E-state index contributed by atoms with van der Waals surface area (Å²) in [6.07, 6.45) is 2.59. The first-order valence-corrected chi connectivity index (χ1v) is 10.8. The number of ether oxygens (including phenoxy) is 1. The highest BCUT2D eigenvalue weighted by Crippen LogP contribution is 2.36. The van der Waals surface area contributed by atoms with Crippen molar-refractivity contribution < 1.29 is 14.3 Å². The van der Waals surface area contributed by atoms with Crippen molar-refractivity contribution in [3.05, 3.63) is 120 Å². The molecular formula is C27H28N2O3.